The van der Waals surface area contributed by atoms with Crippen LogP contribution in [-0.4, -0.2) is 61.4 Å². The van der Waals surface area contributed by atoms with E-state index in [-0.39, 0.29) is 12.3 Å². The molecule has 2 heterocycles. The highest BCUT2D eigenvalue weighted by Gasteiger charge is 2.23. The Morgan fingerprint density at radius 1 is 1.38 bits per heavy atom. The van der Waals surface area contributed by atoms with Crippen LogP contribution in [0, 0.1) is 0 Å². The van der Waals surface area contributed by atoms with Crippen LogP contribution in [0.1, 0.15) is 19.8 Å². The largest absolute Gasteiger partial charge is 0.358 e. The maximum Gasteiger partial charge on any atom is 0.319 e. The molecule has 2 aliphatic rings. The van der Waals surface area contributed by atoms with E-state index in [1.165, 1.54) is 0 Å². The number of rotatable bonds is 2. The lowest BCUT2D eigenvalue weighted by Crippen LogP contribution is -2.53. The van der Waals surface area contributed by atoms with Crippen LogP contribution >= 0.6 is 0 Å². The number of hydrogen-bond acceptors (Lipinski definition) is 3. The highest BCUT2D eigenvalue weighted by atomic mass is 16.5. The van der Waals surface area contributed by atoms with E-state index in [1.54, 1.807) is 0 Å². The Hall–Kier alpha value is -0.810. The molecule has 0 spiro atoms. The van der Waals surface area contributed by atoms with Gasteiger partial charge in [0.1, 0.15) is 6.23 Å². The Morgan fingerprint density at radius 2 is 2.12 bits per heavy atom. The van der Waals surface area contributed by atoms with Gasteiger partial charge in [-0.15, -0.1) is 0 Å². The highest BCUT2D eigenvalue weighted by molar-refractivity contribution is 5.74. The van der Waals surface area contributed by atoms with Crippen molar-refractivity contribution in [3.8, 4) is 0 Å². The molecule has 0 bridgehead atoms. The summed E-state index contributed by atoms with van der Waals surface area (Å²) in [6, 6.07) is 0.0302. The molecule has 2 amide bonds. The van der Waals surface area contributed by atoms with Crippen molar-refractivity contribution in [2.75, 3.05) is 39.3 Å². The average molecular weight is 227 g/mol. The van der Waals surface area contributed by atoms with Crippen molar-refractivity contribution < 1.29 is 9.53 Å². The monoisotopic (exact) mass is 227 g/mol. The highest BCUT2D eigenvalue weighted by Crippen LogP contribution is 2.10. The predicted octanol–water partition coefficient (Wildman–Crippen LogP) is 0.470. The lowest BCUT2D eigenvalue weighted by Gasteiger charge is -2.34. The summed E-state index contributed by atoms with van der Waals surface area (Å²) >= 11 is 0. The minimum Gasteiger partial charge on any atom is -0.358 e. The molecule has 1 unspecified atom stereocenters. The minimum atomic E-state index is -0.0586. The summed E-state index contributed by atoms with van der Waals surface area (Å²) in [5, 5.41) is 2.93. The van der Waals surface area contributed by atoms with E-state index >= 15 is 0 Å². The van der Waals surface area contributed by atoms with Crippen LogP contribution in [0.5, 0.6) is 0 Å². The first-order valence-electron chi connectivity index (χ1n) is 6.19. The number of nitrogens with one attached hydrogen (secondary N) is 1. The van der Waals surface area contributed by atoms with E-state index in [9.17, 15) is 4.79 Å². The second kappa shape index (κ2) is 5.50. The molecule has 2 aliphatic heterocycles. The van der Waals surface area contributed by atoms with Gasteiger partial charge in [-0.2, -0.15) is 0 Å². The molecule has 16 heavy (non-hydrogen) atoms. The third-order valence-electron chi connectivity index (χ3n) is 3.32. The standard InChI is InChI=1S/C11H21N3O2/c1-2-13-5-7-14(8-6-13)11(15)12-10-4-3-9-16-10/h10H,2-9H2,1H3,(H,12,15). The maximum absolute atomic E-state index is 11.9. The second-order valence-electron chi connectivity index (χ2n) is 4.37. The number of carbonyl (C=O) groups is 1. The van der Waals surface area contributed by atoms with E-state index in [4.69, 9.17) is 4.74 Å². The molecule has 0 saturated carbocycles. The Labute approximate surface area is 96.7 Å². The van der Waals surface area contributed by atoms with Crippen LogP contribution < -0.4 is 5.32 Å². The molecule has 1 N–H and O–H groups in total. The first-order valence-corrected chi connectivity index (χ1v) is 6.19. The number of urea groups is 1. The van der Waals surface area contributed by atoms with Crippen LogP contribution in [0.25, 0.3) is 0 Å². The molecule has 2 fully saturated rings. The molecule has 0 aliphatic carbocycles. The lowest BCUT2D eigenvalue weighted by molar-refractivity contribution is 0.0775. The van der Waals surface area contributed by atoms with Crippen molar-refractivity contribution in [2.24, 2.45) is 0 Å². The zero-order valence-corrected chi connectivity index (χ0v) is 9.95. The molecule has 2 saturated heterocycles. The zero-order valence-electron chi connectivity index (χ0n) is 9.95. The molecule has 1 atom stereocenters. The summed E-state index contributed by atoms with van der Waals surface area (Å²) in [6.45, 7) is 7.61. The topological polar surface area (TPSA) is 44.8 Å². The summed E-state index contributed by atoms with van der Waals surface area (Å²) < 4.78 is 5.39. The Balaban J connectivity index is 1.73. The fourth-order valence-corrected chi connectivity index (χ4v) is 2.19. The SMILES string of the molecule is CCN1CCN(C(=O)NC2CCCO2)CC1. The predicted molar refractivity (Wildman–Crippen MR) is 61.2 cm³/mol. The Bertz CT molecular complexity index is 233. The maximum atomic E-state index is 11.9. The minimum absolute atomic E-state index is 0.0302. The van der Waals surface area contributed by atoms with Gasteiger partial charge in [-0.3, -0.25) is 0 Å². The van der Waals surface area contributed by atoms with Gasteiger partial charge in [0, 0.05) is 32.8 Å². The number of likely N-dealkylation sites (N-methyl/N-ethyl adjacent to an activating group) is 1. The van der Waals surface area contributed by atoms with Gasteiger partial charge in [0.15, 0.2) is 0 Å². The fraction of sp³-hybridized carbons (Fsp3) is 0.909. The van der Waals surface area contributed by atoms with Crippen LogP contribution in [0.4, 0.5) is 4.79 Å². The lowest BCUT2D eigenvalue weighted by atomic mass is 10.3. The molecule has 0 aromatic carbocycles. The molecule has 0 aromatic rings. The van der Waals surface area contributed by atoms with Gasteiger partial charge in [-0.05, 0) is 19.4 Å². The van der Waals surface area contributed by atoms with Gasteiger partial charge in [-0.1, -0.05) is 6.92 Å². The van der Waals surface area contributed by atoms with Crippen molar-refractivity contribution in [2.45, 2.75) is 26.0 Å². The molecule has 5 heteroatoms. The number of ether oxygens (including phenoxy) is 1. The number of amides is 2. The van der Waals surface area contributed by atoms with Crippen molar-refractivity contribution in [1.82, 2.24) is 15.1 Å². The number of piperazine rings is 1. The zero-order chi connectivity index (χ0) is 11.4. The Morgan fingerprint density at radius 3 is 2.69 bits per heavy atom. The molecule has 0 aromatic heterocycles. The van der Waals surface area contributed by atoms with Gasteiger partial charge >= 0.3 is 6.03 Å². The van der Waals surface area contributed by atoms with Crippen LogP contribution in [0.3, 0.4) is 0 Å². The first-order chi connectivity index (χ1) is 7.79. The van der Waals surface area contributed by atoms with Gasteiger partial charge < -0.3 is 19.9 Å². The van der Waals surface area contributed by atoms with Gasteiger partial charge in [0.2, 0.25) is 0 Å². The first kappa shape index (κ1) is 11.7. The van der Waals surface area contributed by atoms with E-state index < -0.39 is 0 Å². The van der Waals surface area contributed by atoms with Crippen LogP contribution in [-0.2, 0) is 4.74 Å². The van der Waals surface area contributed by atoms with Crippen molar-refractivity contribution in [3.05, 3.63) is 0 Å². The average Bonchev–Trinajstić information content (AvgIpc) is 2.82. The summed E-state index contributed by atoms with van der Waals surface area (Å²) in [7, 11) is 0. The molecule has 92 valence electrons. The molecule has 0 radical (unpaired) electrons. The second-order valence-corrected chi connectivity index (χ2v) is 4.37. The Kier molecular flexibility index (Phi) is 4.01. The quantitative estimate of drug-likeness (QED) is 0.746. The summed E-state index contributed by atoms with van der Waals surface area (Å²) in [5.41, 5.74) is 0. The van der Waals surface area contributed by atoms with E-state index in [2.05, 4.69) is 17.1 Å². The number of nitrogens with zero attached hydrogens (tertiary/aromatic N) is 2. The third-order valence-corrected chi connectivity index (χ3v) is 3.32. The molecular weight excluding hydrogens is 206 g/mol. The van der Waals surface area contributed by atoms with Crippen molar-refractivity contribution in [3.63, 3.8) is 0 Å². The summed E-state index contributed by atoms with van der Waals surface area (Å²) in [4.78, 5) is 16.1. The molecular formula is C11H21N3O2. The van der Waals surface area contributed by atoms with Gasteiger partial charge in [0.05, 0.1) is 0 Å². The fourth-order valence-electron chi connectivity index (χ4n) is 2.19. The van der Waals surface area contributed by atoms with Gasteiger partial charge in [0.25, 0.3) is 0 Å². The van der Waals surface area contributed by atoms with E-state index in [0.29, 0.717) is 0 Å². The van der Waals surface area contributed by atoms with Crippen LogP contribution in [0.15, 0.2) is 0 Å². The molecule has 5 nitrogen and oxygen atoms in total. The molecule has 2 rings (SSSR count). The number of hydrogen-bond donors (Lipinski definition) is 1. The van der Waals surface area contributed by atoms with E-state index in [1.807, 2.05) is 4.90 Å². The summed E-state index contributed by atoms with van der Waals surface area (Å²) in [6.07, 6.45) is 1.94. The van der Waals surface area contributed by atoms with E-state index in [0.717, 1.165) is 52.2 Å². The third kappa shape index (κ3) is 2.86. The number of carbonyl (C=O) groups excluding carboxylic acids is 1. The normalized spacial score (nSPS) is 27.1. The van der Waals surface area contributed by atoms with Crippen molar-refractivity contribution in [1.29, 1.82) is 0 Å². The van der Waals surface area contributed by atoms with Gasteiger partial charge in [-0.25, -0.2) is 4.79 Å². The van der Waals surface area contributed by atoms with Crippen LogP contribution in [0.2, 0.25) is 0 Å². The van der Waals surface area contributed by atoms with Crippen molar-refractivity contribution >= 4 is 6.03 Å². The summed E-state index contributed by atoms with van der Waals surface area (Å²) in [5.74, 6) is 0. The smallest absolute Gasteiger partial charge is 0.319 e.